The molecule has 198 valence electrons. The van der Waals surface area contributed by atoms with Gasteiger partial charge in [-0.15, -0.1) is 0 Å². The van der Waals surface area contributed by atoms with Crippen LogP contribution in [0.3, 0.4) is 0 Å². The maximum Gasteiger partial charge on any atom is 0.251 e. The van der Waals surface area contributed by atoms with Gasteiger partial charge in [-0.3, -0.25) is 19.3 Å². The van der Waals surface area contributed by atoms with E-state index in [2.05, 4.69) is 27.4 Å². The smallest absolute Gasteiger partial charge is 0.251 e. The van der Waals surface area contributed by atoms with Crippen molar-refractivity contribution < 1.29 is 19.1 Å². The number of likely N-dealkylation sites (tertiary alicyclic amines) is 1. The van der Waals surface area contributed by atoms with Crippen LogP contribution in [0.2, 0.25) is 0 Å². The summed E-state index contributed by atoms with van der Waals surface area (Å²) in [4.78, 5) is 45.9. The molecule has 0 spiro atoms. The van der Waals surface area contributed by atoms with Gasteiger partial charge in [0.2, 0.25) is 5.91 Å². The first-order valence-electron chi connectivity index (χ1n) is 13.1. The number of ether oxygens (including phenoxy) is 1. The van der Waals surface area contributed by atoms with Crippen LogP contribution in [0.1, 0.15) is 44.5 Å². The number of amides is 2. The number of benzene rings is 1. The highest BCUT2D eigenvalue weighted by Crippen LogP contribution is 2.31. The Balaban J connectivity index is 1.44. The number of Topliss-reactive ketones (excluding diaryl/α,β-unsaturated/α-hetero) is 1. The molecule has 2 N–H and O–H groups in total. The van der Waals surface area contributed by atoms with Crippen LogP contribution in [0.15, 0.2) is 24.3 Å². The number of carbonyl (C=O) groups excluding carboxylic acids is 3. The van der Waals surface area contributed by atoms with Crippen molar-refractivity contribution in [2.45, 2.75) is 58.3 Å². The molecule has 3 saturated heterocycles. The summed E-state index contributed by atoms with van der Waals surface area (Å²) < 4.78 is 5.67. The van der Waals surface area contributed by atoms with Crippen molar-refractivity contribution in [2.24, 2.45) is 5.41 Å². The van der Waals surface area contributed by atoms with Crippen molar-refractivity contribution in [1.29, 1.82) is 0 Å². The predicted octanol–water partition coefficient (Wildman–Crippen LogP) is 1.13. The second kappa shape index (κ2) is 10.9. The van der Waals surface area contributed by atoms with Crippen molar-refractivity contribution >= 4 is 23.3 Å². The van der Waals surface area contributed by atoms with E-state index in [1.54, 1.807) is 11.9 Å². The molecule has 1 aromatic rings. The molecule has 0 saturated carbocycles. The summed E-state index contributed by atoms with van der Waals surface area (Å²) in [7, 11) is 1.81. The molecule has 3 aliphatic heterocycles. The van der Waals surface area contributed by atoms with Gasteiger partial charge in [-0.25, -0.2) is 0 Å². The Kier molecular flexibility index (Phi) is 8.02. The number of hydrogen-bond acceptors (Lipinski definition) is 7. The monoisotopic (exact) mass is 499 g/mol. The molecule has 4 atom stereocenters. The molecule has 36 heavy (non-hydrogen) atoms. The van der Waals surface area contributed by atoms with Crippen LogP contribution in [0.5, 0.6) is 0 Å². The van der Waals surface area contributed by atoms with Gasteiger partial charge < -0.3 is 25.2 Å². The molecule has 3 aliphatic rings. The van der Waals surface area contributed by atoms with Gasteiger partial charge in [0.25, 0.3) is 5.91 Å². The summed E-state index contributed by atoms with van der Waals surface area (Å²) in [6.07, 6.45) is 0.820. The van der Waals surface area contributed by atoms with E-state index in [1.165, 1.54) is 6.42 Å². The number of fused-ring (bicyclic) bond motifs is 1. The van der Waals surface area contributed by atoms with E-state index in [1.807, 2.05) is 45.0 Å². The highest BCUT2D eigenvalue weighted by Gasteiger charge is 2.53. The van der Waals surface area contributed by atoms with Gasteiger partial charge in [-0.2, -0.15) is 0 Å². The van der Waals surface area contributed by atoms with Gasteiger partial charge in [0, 0.05) is 44.0 Å². The number of nitrogens with one attached hydrogen (secondary N) is 2. The largest absolute Gasteiger partial charge is 0.369 e. The molecular formula is C27H41N5O4. The Morgan fingerprint density at radius 2 is 1.78 bits per heavy atom. The Morgan fingerprint density at radius 1 is 1.11 bits per heavy atom. The molecule has 0 radical (unpaired) electrons. The third-order valence-corrected chi connectivity index (χ3v) is 7.63. The number of carbonyl (C=O) groups is 3. The zero-order valence-electron chi connectivity index (χ0n) is 22.3. The number of nitrogens with zero attached hydrogens (tertiary/aromatic N) is 3. The van der Waals surface area contributed by atoms with Crippen LogP contribution in [0, 0.1) is 5.41 Å². The summed E-state index contributed by atoms with van der Waals surface area (Å²) in [6, 6.07) is 6.12. The summed E-state index contributed by atoms with van der Waals surface area (Å²) in [6.45, 7) is 13.5. The summed E-state index contributed by atoms with van der Waals surface area (Å²) in [5.74, 6) is -0.627. The average molecular weight is 500 g/mol. The van der Waals surface area contributed by atoms with E-state index in [9.17, 15) is 14.4 Å². The lowest BCUT2D eigenvalue weighted by atomic mass is 9.85. The molecule has 1 unspecified atom stereocenters. The van der Waals surface area contributed by atoms with Gasteiger partial charge in [-0.05, 0) is 49.7 Å². The second-order valence-corrected chi connectivity index (χ2v) is 11.2. The van der Waals surface area contributed by atoms with Crippen LogP contribution in [0.25, 0.3) is 0 Å². The van der Waals surface area contributed by atoms with E-state index in [-0.39, 0.29) is 36.4 Å². The maximum absolute atomic E-state index is 13.7. The molecule has 0 aromatic heterocycles. The van der Waals surface area contributed by atoms with E-state index in [0.29, 0.717) is 12.1 Å². The van der Waals surface area contributed by atoms with Crippen LogP contribution in [-0.4, -0.2) is 105 Å². The average Bonchev–Trinajstić information content (AvgIpc) is 3.42. The Hall–Kier alpha value is -2.49. The first kappa shape index (κ1) is 26.6. The van der Waals surface area contributed by atoms with Crippen LogP contribution in [0.4, 0.5) is 5.69 Å². The molecular weight excluding hydrogens is 458 g/mol. The molecule has 9 nitrogen and oxygen atoms in total. The van der Waals surface area contributed by atoms with Crippen molar-refractivity contribution in [1.82, 2.24) is 20.4 Å². The number of hydrogen-bond donors (Lipinski definition) is 2. The fourth-order valence-electron chi connectivity index (χ4n) is 5.54. The number of anilines is 1. The highest BCUT2D eigenvalue weighted by molar-refractivity contribution is 5.99. The topological polar surface area (TPSA) is 94.2 Å². The lowest BCUT2D eigenvalue weighted by Gasteiger charge is -2.36. The first-order valence-corrected chi connectivity index (χ1v) is 13.1. The Labute approximate surface area is 214 Å². The molecule has 0 aliphatic carbocycles. The molecule has 9 heteroatoms. The second-order valence-electron chi connectivity index (χ2n) is 11.2. The minimum absolute atomic E-state index is 0.0177. The highest BCUT2D eigenvalue weighted by atomic mass is 16.5. The minimum atomic E-state index is -0.777. The quantitative estimate of drug-likeness (QED) is 0.581. The molecule has 2 amide bonds. The minimum Gasteiger partial charge on any atom is -0.369 e. The summed E-state index contributed by atoms with van der Waals surface area (Å²) in [5.41, 5.74) is 1.07. The number of piperazine rings is 1. The van der Waals surface area contributed by atoms with Crippen LogP contribution in [-0.2, 0) is 14.3 Å². The predicted molar refractivity (Wildman–Crippen MR) is 139 cm³/mol. The molecule has 0 bridgehead atoms. The van der Waals surface area contributed by atoms with Crippen molar-refractivity contribution in [2.75, 3.05) is 57.8 Å². The number of likely N-dealkylation sites (N-methyl/N-ethyl adjacent to an activating group) is 1. The lowest BCUT2D eigenvalue weighted by molar-refractivity contribution is -0.140. The van der Waals surface area contributed by atoms with Gasteiger partial charge in [-0.1, -0.05) is 27.7 Å². The normalized spacial score (nSPS) is 25.7. The fourth-order valence-corrected chi connectivity index (χ4v) is 5.54. The SMILES string of the molecule is CCCN1CCN(c2ccc(C(=O)NC(C(=O)N3C[C@H](NC)[C@H]4OCC(=O)[C@H]43)C(C)(C)C)cc2)CC1. The van der Waals surface area contributed by atoms with Crippen LogP contribution >= 0.6 is 0 Å². The third kappa shape index (κ3) is 5.43. The molecule has 4 rings (SSSR count). The summed E-state index contributed by atoms with van der Waals surface area (Å²) >= 11 is 0. The van der Waals surface area contributed by atoms with E-state index in [0.717, 1.165) is 38.4 Å². The zero-order chi connectivity index (χ0) is 26.0. The van der Waals surface area contributed by atoms with Crippen molar-refractivity contribution in [3.63, 3.8) is 0 Å². The lowest BCUT2D eigenvalue weighted by Crippen LogP contribution is -2.57. The molecule has 3 fully saturated rings. The van der Waals surface area contributed by atoms with Crippen molar-refractivity contribution in [3.05, 3.63) is 29.8 Å². The molecule has 1 aromatic carbocycles. The molecule has 3 heterocycles. The van der Waals surface area contributed by atoms with Crippen molar-refractivity contribution in [3.8, 4) is 0 Å². The van der Waals surface area contributed by atoms with Crippen LogP contribution < -0.4 is 15.5 Å². The van der Waals surface area contributed by atoms with E-state index < -0.39 is 17.5 Å². The standard InChI is InChI=1S/C27H41N5O4/c1-6-11-30-12-14-31(15-13-30)19-9-7-18(8-10-19)25(34)29-24(27(2,3)4)26(35)32-16-20(28-5)23-22(32)21(33)17-36-23/h7-10,20,22-24,28H,6,11-17H2,1-5H3,(H,29,34)/t20-,22+,23+,24?/m0/s1. The zero-order valence-corrected chi connectivity index (χ0v) is 22.3. The van der Waals surface area contributed by atoms with E-state index >= 15 is 0 Å². The number of ketones is 1. The first-order chi connectivity index (χ1) is 17.1. The van der Waals surface area contributed by atoms with Gasteiger partial charge in [0.1, 0.15) is 24.8 Å². The Morgan fingerprint density at radius 3 is 2.36 bits per heavy atom. The van der Waals surface area contributed by atoms with Gasteiger partial charge >= 0.3 is 0 Å². The summed E-state index contributed by atoms with van der Waals surface area (Å²) in [5, 5.41) is 6.13. The Bertz CT molecular complexity index is 952. The van der Waals surface area contributed by atoms with E-state index in [4.69, 9.17) is 4.74 Å². The third-order valence-electron chi connectivity index (χ3n) is 7.63. The van der Waals surface area contributed by atoms with Gasteiger partial charge in [0.05, 0.1) is 6.04 Å². The van der Waals surface area contributed by atoms with Gasteiger partial charge in [0.15, 0.2) is 5.78 Å². The fraction of sp³-hybridized carbons (Fsp3) is 0.667. The maximum atomic E-state index is 13.7. The number of rotatable bonds is 7.